The zero-order valence-electron chi connectivity index (χ0n) is 26.1. The number of carbonyl (C=O) groups excluding carboxylic acids is 1. The van der Waals surface area contributed by atoms with E-state index >= 15 is 0 Å². The summed E-state index contributed by atoms with van der Waals surface area (Å²) in [7, 11) is 0. The topological polar surface area (TPSA) is 55.8 Å². The summed E-state index contributed by atoms with van der Waals surface area (Å²) in [5, 5.41) is 11.1. The predicted octanol–water partition coefficient (Wildman–Crippen LogP) is 7.95. The van der Waals surface area contributed by atoms with Crippen LogP contribution in [0.5, 0.6) is 0 Å². The minimum atomic E-state index is -0.212. The summed E-state index contributed by atoms with van der Waals surface area (Å²) in [5.74, 6) is 2.30. The van der Waals surface area contributed by atoms with Crippen LogP contribution >= 0.6 is 0 Å². The first kappa shape index (κ1) is 28.9. The number of aliphatic hydroxyl groups is 1. The Morgan fingerprint density at radius 3 is 2.34 bits per heavy atom. The molecule has 5 rings (SSSR count). The largest absolute Gasteiger partial charge is 0.459 e. The second-order valence-electron chi connectivity index (χ2n) is 16.9. The Bertz CT molecular complexity index is 905. The number of aliphatic hydroxyl groups excluding tert-OH is 1. The fourth-order valence-corrected chi connectivity index (χ4v) is 11.3. The Morgan fingerprint density at radius 2 is 1.68 bits per heavy atom. The van der Waals surface area contributed by atoms with Crippen LogP contribution in [0.4, 0.5) is 0 Å². The van der Waals surface area contributed by atoms with Crippen molar-refractivity contribution >= 4 is 5.97 Å². The molecule has 4 nitrogen and oxygen atoms in total. The van der Waals surface area contributed by atoms with E-state index in [2.05, 4.69) is 55.4 Å². The Morgan fingerprint density at radius 1 is 0.974 bits per heavy atom. The molecule has 5 aliphatic rings. The van der Waals surface area contributed by atoms with Gasteiger partial charge in [-0.2, -0.15) is 0 Å². The third-order valence-corrected chi connectivity index (χ3v) is 13.5. The summed E-state index contributed by atoms with van der Waals surface area (Å²) in [5.41, 5.74) is 0.831. The molecule has 2 bridgehead atoms. The molecule has 1 saturated heterocycles. The summed E-state index contributed by atoms with van der Waals surface area (Å²) < 4.78 is 13.0. The van der Waals surface area contributed by atoms with Crippen molar-refractivity contribution in [3.05, 3.63) is 0 Å². The molecular weight excluding hydrogens is 472 g/mol. The van der Waals surface area contributed by atoms with E-state index in [1.807, 2.05) is 0 Å². The van der Waals surface area contributed by atoms with Gasteiger partial charge in [-0.25, -0.2) is 0 Å². The molecule has 1 heterocycles. The van der Waals surface area contributed by atoms with Crippen molar-refractivity contribution in [1.82, 2.24) is 0 Å². The molecule has 4 aliphatic carbocycles. The lowest BCUT2D eigenvalue weighted by Crippen LogP contribution is -2.58. The number of fused-ring (bicyclic) bond motifs is 5. The highest BCUT2D eigenvalue weighted by Crippen LogP contribution is 2.76. The summed E-state index contributed by atoms with van der Waals surface area (Å²) in [6.07, 6.45) is 13.2. The quantitative estimate of drug-likeness (QED) is 0.368. The maximum Gasteiger partial charge on any atom is 0.303 e. The normalized spacial score (nSPS) is 49.4. The number of carbonyl (C=O) groups is 1. The molecule has 0 aromatic heterocycles. The summed E-state index contributed by atoms with van der Waals surface area (Å²) in [4.78, 5) is 12.1. The van der Waals surface area contributed by atoms with Crippen LogP contribution in [0.15, 0.2) is 0 Å². The van der Waals surface area contributed by atoms with Gasteiger partial charge in [0.1, 0.15) is 6.10 Å². The molecule has 4 heteroatoms. The third kappa shape index (κ3) is 4.32. The van der Waals surface area contributed by atoms with E-state index in [0.717, 1.165) is 31.6 Å². The summed E-state index contributed by atoms with van der Waals surface area (Å²) in [6, 6.07) is 0. The van der Waals surface area contributed by atoms with Gasteiger partial charge >= 0.3 is 5.97 Å². The first-order valence-electron chi connectivity index (χ1n) is 16.1. The van der Waals surface area contributed by atoms with Gasteiger partial charge in [0.05, 0.1) is 18.3 Å². The molecule has 4 saturated carbocycles. The Kier molecular flexibility index (Phi) is 7.20. The van der Waals surface area contributed by atoms with Gasteiger partial charge in [-0.05, 0) is 103 Å². The third-order valence-electron chi connectivity index (χ3n) is 13.5. The highest BCUT2D eigenvalue weighted by molar-refractivity contribution is 5.66. The second kappa shape index (κ2) is 9.47. The Balaban J connectivity index is 1.46. The maximum absolute atomic E-state index is 12.1. The van der Waals surface area contributed by atoms with E-state index in [4.69, 9.17) is 9.47 Å². The van der Waals surface area contributed by atoms with E-state index in [1.165, 1.54) is 51.9 Å². The lowest BCUT2D eigenvalue weighted by molar-refractivity contribution is -0.197. The van der Waals surface area contributed by atoms with Crippen LogP contribution in [0.3, 0.4) is 0 Å². The lowest BCUT2D eigenvalue weighted by Gasteiger charge is -2.65. The molecule has 0 amide bonds. The van der Waals surface area contributed by atoms with E-state index in [-0.39, 0.29) is 52.0 Å². The number of hydrogen-bond acceptors (Lipinski definition) is 4. The predicted molar refractivity (Wildman–Crippen MR) is 153 cm³/mol. The highest BCUT2D eigenvalue weighted by atomic mass is 16.6. The molecular formula is C34H58O4. The Labute approximate surface area is 233 Å². The van der Waals surface area contributed by atoms with E-state index in [9.17, 15) is 9.90 Å². The zero-order valence-corrected chi connectivity index (χ0v) is 26.1. The van der Waals surface area contributed by atoms with Crippen molar-refractivity contribution in [2.75, 3.05) is 0 Å². The van der Waals surface area contributed by atoms with Crippen molar-refractivity contribution < 1.29 is 19.4 Å². The zero-order chi connectivity index (χ0) is 27.9. The van der Waals surface area contributed by atoms with Gasteiger partial charge in [0.2, 0.25) is 0 Å². The van der Waals surface area contributed by atoms with Gasteiger partial charge in [-0.1, -0.05) is 68.2 Å². The molecule has 7 unspecified atom stereocenters. The second-order valence-corrected chi connectivity index (χ2v) is 16.9. The maximum atomic E-state index is 12.1. The van der Waals surface area contributed by atoms with Crippen molar-refractivity contribution in [1.29, 1.82) is 0 Å². The Hall–Kier alpha value is -0.610. The van der Waals surface area contributed by atoms with Crippen LogP contribution in [0, 0.1) is 50.7 Å². The lowest BCUT2D eigenvalue weighted by atomic mass is 9.40. The summed E-state index contributed by atoms with van der Waals surface area (Å²) in [6.45, 7) is 20.5. The molecule has 1 N–H and O–H groups in total. The standard InChI is InChI=1S/C34H58O4/c1-21-18-24(29(30(3,4)5)37-22(2)35)38-25-20-33(9)26-14-13-23-19-34(26,17-16-32(33,8)28(21)25)15-11-10-12-27(36)31(23,6)7/h21,23-29,36H,10-20H2,1-9H3/t21-,23-,24+,25?,26?,27?,28?,29?,32?,33+,34?/m1/s1. The first-order chi connectivity index (χ1) is 17.5. The molecule has 218 valence electrons. The van der Waals surface area contributed by atoms with Gasteiger partial charge in [0, 0.05) is 12.3 Å². The van der Waals surface area contributed by atoms with E-state index in [0.29, 0.717) is 23.2 Å². The minimum Gasteiger partial charge on any atom is -0.459 e. The summed E-state index contributed by atoms with van der Waals surface area (Å²) >= 11 is 0. The van der Waals surface area contributed by atoms with Crippen LogP contribution in [0.1, 0.15) is 133 Å². The van der Waals surface area contributed by atoms with Crippen molar-refractivity contribution in [2.45, 2.75) is 157 Å². The number of ether oxygens (including phenoxy) is 2. The van der Waals surface area contributed by atoms with Gasteiger partial charge < -0.3 is 14.6 Å². The molecule has 11 atom stereocenters. The van der Waals surface area contributed by atoms with Crippen molar-refractivity contribution in [3.8, 4) is 0 Å². The molecule has 0 radical (unpaired) electrons. The van der Waals surface area contributed by atoms with Crippen LogP contribution in [0.25, 0.3) is 0 Å². The average Bonchev–Trinajstić information content (AvgIpc) is 3.06. The monoisotopic (exact) mass is 530 g/mol. The van der Waals surface area contributed by atoms with Crippen LogP contribution in [-0.4, -0.2) is 35.5 Å². The molecule has 0 aromatic rings. The van der Waals surface area contributed by atoms with Gasteiger partial charge in [-0.3, -0.25) is 4.79 Å². The SMILES string of the molecule is CC(=O)OC([C@@H]1C[C@@H](C)C2C(C[C@@]3(C)C4CC[C@@H]5CC4(CCCCC(O)C5(C)C)CCC23C)O1)C(C)(C)C. The highest BCUT2D eigenvalue weighted by Gasteiger charge is 2.70. The fourth-order valence-electron chi connectivity index (χ4n) is 11.3. The van der Waals surface area contributed by atoms with Gasteiger partial charge in [0.15, 0.2) is 0 Å². The first-order valence-corrected chi connectivity index (χ1v) is 16.1. The van der Waals surface area contributed by atoms with Gasteiger partial charge in [0.25, 0.3) is 0 Å². The van der Waals surface area contributed by atoms with E-state index in [1.54, 1.807) is 0 Å². The fraction of sp³-hybridized carbons (Fsp3) is 0.971. The number of esters is 1. The minimum absolute atomic E-state index is 0.0111. The molecule has 1 spiro atoms. The van der Waals surface area contributed by atoms with Crippen molar-refractivity contribution in [2.24, 2.45) is 50.7 Å². The van der Waals surface area contributed by atoms with Crippen LogP contribution in [-0.2, 0) is 14.3 Å². The van der Waals surface area contributed by atoms with Crippen LogP contribution in [0.2, 0.25) is 0 Å². The smallest absolute Gasteiger partial charge is 0.303 e. The van der Waals surface area contributed by atoms with Gasteiger partial charge in [-0.15, -0.1) is 0 Å². The molecule has 5 fully saturated rings. The number of hydrogen-bond donors (Lipinski definition) is 1. The molecule has 38 heavy (non-hydrogen) atoms. The molecule has 0 aromatic carbocycles. The molecule has 1 aliphatic heterocycles. The van der Waals surface area contributed by atoms with Crippen LogP contribution < -0.4 is 0 Å². The average molecular weight is 531 g/mol. The van der Waals surface area contributed by atoms with Crippen molar-refractivity contribution in [3.63, 3.8) is 0 Å². The number of rotatable bonds is 2. The van der Waals surface area contributed by atoms with E-state index < -0.39 is 0 Å².